The molecule has 0 aliphatic heterocycles. The van der Waals surface area contributed by atoms with E-state index in [2.05, 4.69) is 11.9 Å². The van der Waals surface area contributed by atoms with Crippen molar-refractivity contribution in [2.24, 2.45) is 0 Å². The lowest BCUT2D eigenvalue weighted by Gasteiger charge is -2.09. The standard InChI is InChI=1S/C14H24N2O2/c1-3-5-6-7-8-11-18-13-10-9-12(15)14(16-13)17-4-2/h9-10H,3-8,11,15H2,1-2H3. The van der Waals surface area contributed by atoms with Crippen molar-refractivity contribution < 1.29 is 9.47 Å². The van der Waals surface area contributed by atoms with E-state index in [-0.39, 0.29) is 0 Å². The Labute approximate surface area is 110 Å². The van der Waals surface area contributed by atoms with Gasteiger partial charge >= 0.3 is 0 Å². The van der Waals surface area contributed by atoms with E-state index >= 15 is 0 Å². The van der Waals surface area contributed by atoms with Gasteiger partial charge in [-0.25, -0.2) is 0 Å². The van der Waals surface area contributed by atoms with Gasteiger partial charge in [0.1, 0.15) is 0 Å². The maximum absolute atomic E-state index is 5.74. The molecule has 0 amide bonds. The summed E-state index contributed by atoms with van der Waals surface area (Å²) in [6.07, 6.45) is 6.11. The van der Waals surface area contributed by atoms with Crippen LogP contribution in [0.5, 0.6) is 11.8 Å². The van der Waals surface area contributed by atoms with Gasteiger partial charge in [0.15, 0.2) is 0 Å². The van der Waals surface area contributed by atoms with Crippen LogP contribution in [0, 0.1) is 0 Å². The molecular formula is C14H24N2O2. The number of pyridine rings is 1. The molecule has 1 heterocycles. The van der Waals surface area contributed by atoms with Gasteiger partial charge in [0.05, 0.1) is 18.9 Å². The van der Waals surface area contributed by atoms with E-state index in [1.807, 2.05) is 6.92 Å². The van der Waals surface area contributed by atoms with E-state index in [1.165, 1.54) is 25.7 Å². The van der Waals surface area contributed by atoms with E-state index in [0.29, 0.717) is 30.7 Å². The van der Waals surface area contributed by atoms with Crippen molar-refractivity contribution in [2.75, 3.05) is 18.9 Å². The normalized spacial score (nSPS) is 10.3. The molecule has 1 rings (SSSR count). The van der Waals surface area contributed by atoms with Gasteiger partial charge in [0, 0.05) is 6.07 Å². The minimum absolute atomic E-state index is 0.459. The zero-order valence-corrected chi connectivity index (χ0v) is 11.4. The predicted octanol–water partition coefficient (Wildman–Crippen LogP) is 3.41. The monoisotopic (exact) mass is 252 g/mol. The van der Waals surface area contributed by atoms with Crippen molar-refractivity contribution in [3.05, 3.63) is 12.1 Å². The third kappa shape index (κ3) is 5.25. The maximum Gasteiger partial charge on any atom is 0.240 e. The number of rotatable bonds is 9. The highest BCUT2D eigenvalue weighted by molar-refractivity contribution is 5.49. The fraction of sp³-hybridized carbons (Fsp3) is 0.643. The second kappa shape index (κ2) is 8.61. The van der Waals surface area contributed by atoms with E-state index in [4.69, 9.17) is 15.2 Å². The molecule has 0 spiro atoms. The minimum atomic E-state index is 0.459. The van der Waals surface area contributed by atoms with Crippen LogP contribution in [0.15, 0.2) is 12.1 Å². The van der Waals surface area contributed by atoms with Gasteiger partial charge in [0.2, 0.25) is 11.8 Å². The molecule has 0 aromatic carbocycles. The topological polar surface area (TPSA) is 57.4 Å². The van der Waals surface area contributed by atoms with Crippen LogP contribution in [0.1, 0.15) is 46.0 Å². The highest BCUT2D eigenvalue weighted by Gasteiger charge is 2.04. The van der Waals surface area contributed by atoms with Crippen molar-refractivity contribution >= 4 is 5.69 Å². The second-order valence-corrected chi connectivity index (χ2v) is 4.24. The zero-order valence-electron chi connectivity index (χ0n) is 11.4. The van der Waals surface area contributed by atoms with Crippen LogP contribution < -0.4 is 15.2 Å². The van der Waals surface area contributed by atoms with Crippen molar-refractivity contribution in [1.29, 1.82) is 0 Å². The molecule has 4 nitrogen and oxygen atoms in total. The highest BCUT2D eigenvalue weighted by Crippen LogP contribution is 2.22. The summed E-state index contributed by atoms with van der Waals surface area (Å²) in [4.78, 5) is 4.23. The largest absolute Gasteiger partial charge is 0.478 e. The third-order valence-corrected chi connectivity index (χ3v) is 2.64. The molecule has 0 atom stereocenters. The summed E-state index contributed by atoms with van der Waals surface area (Å²) in [6.45, 7) is 5.37. The lowest BCUT2D eigenvalue weighted by atomic mass is 10.2. The number of nitrogens with zero attached hydrogens (tertiary/aromatic N) is 1. The Morgan fingerprint density at radius 3 is 2.56 bits per heavy atom. The van der Waals surface area contributed by atoms with Gasteiger partial charge in [-0.3, -0.25) is 0 Å². The number of nitrogen functional groups attached to an aromatic ring is 1. The van der Waals surface area contributed by atoms with Crippen molar-refractivity contribution in [3.63, 3.8) is 0 Å². The lowest BCUT2D eigenvalue weighted by molar-refractivity contribution is 0.280. The summed E-state index contributed by atoms with van der Waals surface area (Å²) < 4.78 is 10.9. The maximum atomic E-state index is 5.74. The number of unbranched alkanes of at least 4 members (excludes halogenated alkanes) is 4. The molecular weight excluding hydrogens is 228 g/mol. The van der Waals surface area contributed by atoms with Crippen LogP contribution in [0.2, 0.25) is 0 Å². The van der Waals surface area contributed by atoms with Crippen molar-refractivity contribution in [2.45, 2.75) is 46.0 Å². The fourth-order valence-corrected chi connectivity index (χ4v) is 1.65. The Bertz CT molecular complexity index is 343. The fourth-order valence-electron chi connectivity index (χ4n) is 1.65. The zero-order chi connectivity index (χ0) is 13.2. The number of ether oxygens (including phenoxy) is 2. The number of aromatic nitrogens is 1. The lowest BCUT2D eigenvalue weighted by Crippen LogP contribution is -2.03. The average Bonchev–Trinajstić information content (AvgIpc) is 2.37. The van der Waals surface area contributed by atoms with Crippen LogP contribution in [0.3, 0.4) is 0 Å². The predicted molar refractivity (Wildman–Crippen MR) is 74.1 cm³/mol. The quantitative estimate of drug-likeness (QED) is 0.684. The minimum Gasteiger partial charge on any atom is -0.478 e. The summed E-state index contributed by atoms with van der Waals surface area (Å²) in [7, 11) is 0. The van der Waals surface area contributed by atoms with Crippen LogP contribution in [0.4, 0.5) is 5.69 Å². The summed E-state index contributed by atoms with van der Waals surface area (Å²) in [5.41, 5.74) is 6.29. The van der Waals surface area contributed by atoms with Crippen LogP contribution in [-0.4, -0.2) is 18.2 Å². The Morgan fingerprint density at radius 2 is 1.83 bits per heavy atom. The highest BCUT2D eigenvalue weighted by atomic mass is 16.5. The Morgan fingerprint density at radius 1 is 1.06 bits per heavy atom. The van der Waals surface area contributed by atoms with E-state index in [0.717, 1.165) is 6.42 Å². The summed E-state index contributed by atoms with van der Waals surface area (Å²) in [5.74, 6) is 1.05. The molecule has 1 aromatic heterocycles. The first-order chi connectivity index (χ1) is 8.77. The van der Waals surface area contributed by atoms with Gasteiger partial charge in [-0.05, 0) is 19.4 Å². The molecule has 1 aromatic rings. The number of hydrogen-bond acceptors (Lipinski definition) is 4. The Hall–Kier alpha value is -1.45. The molecule has 4 heteroatoms. The smallest absolute Gasteiger partial charge is 0.240 e. The first kappa shape index (κ1) is 14.6. The van der Waals surface area contributed by atoms with Crippen LogP contribution in [-0.2, 0) is 0 Å². The van der Waals surface area contributed by atoms with Crippen LogP contribution >= 0.6 is 0 Å². The molecule has 2 N–H and O–H groups in total. The number of anilines is 1. The third-order valence-electron chi connectivity index (χ3n) is 2.64. The number of nitrogens with two attached hydrogens (primary N) is 1. The molecule has 0 aliphatic carbocycles. The van der Waals surface area contributed by atoms with Crippen LogP contribution in [0.25, 0.3) is 0 Å². The molecule has 102 valence electrons. The second-order valence-electron chi connectivity index (χ2n) is 4.24. The van der Waals surface area contributed by atoms with Gasteiger partial charge in [-0.15, -0.1) is 0 Å². The van der Waals surface area contributed by atoms with E-state index in [9.17, 15) is 0 Å². The molecule has 0 saturated heterocycles. The van der Waals surface area contributed by atoms with E-state index < -0.39 is 0 Å². The van der Waals surface area contributed by atoms with Crippen molar-refractivity contribution in [3.8, 4) is 11.8 Å². The van der Waals surface area contributed by atoms with Gasteiger partial charge in [-0.2, -0.15) is 4.98 Å². The SMILES string of the molecule is CCCCCCCOc1ccc(N)c(OCC)n1. The Balaban J connectivity index is 2.31. The van der Waals surface area contributed by atoms with Gasteiger partial charge in [0.25, 0.3) is 0 Å². The Kier molecular flexibility index (Phi) is 6.99. The summed E-state index contributed by atoms with van der Waals surface area (Å²) >= 11 is 0. The average molecular weight is 252 g/mol. The number of hydrogen-bond donors (Lipinski definition) is 1. The molecule has 0 bridgehead atoms. The molecule has 0 saturated carbocycles. The van der Waals surface area contributed by atoms with Gasteiger partial charge < -0.3 is 15.2 Å². The van der Waals surface area contributed by atoms with E-state index in [1.54, 1.807) is 12.1 Å². The first-order valence-electron chi connectivity index (χ1n) is 6.80. The van der Waals surface area contributed by atoms with Crippen molar-refractivity contribution in [1.82, 2.24) is 4.98 Å². The summed E-state index contributed by atoms with van der Waals surface area (Å²) in [6, 6.07) is 3.55. The molecule has 0 fully saturated rings. The van der Waals surface area contributed by atoms with Gasteiger partial charge in [-0.1, -0.05) is 32.6 Å². The molecule has 0 unspecified atom stereocenters. The first-order valence-corrected chi connectivity index (χ1v) is 6.80. The molecule has 0 radical (unpaired) electrons. The molecule has 0 aliphatic rings. The summed E-state index contributed by atoms with van der Waals surface area (Å²) in [5, 5.41) is 0. The molecule has 18 heavy (non-hydrogen) atoms.